The van der Waals surface area contributed by atoms with E-state index >= 15 is 0 Å². The third-order valence-corrected chi connectivity index (χ3v) is 2.42. The van der Waals surface area contributed by atoms with Crippen molar-refractivity contribution in [3.05, 3.63) is 51.9 Å². The number of nitrogen functional groups attached to an aromatic ring is 1. The van der Waals surface area contributed by atoms with E-state index in [4.69, 9.17) is 5.73 Å². The third kappa shape index (κ3) is 2.54. The molecule has 6 heteroatoms. The molecule has 1 aromatic carbocycles. The average Bonchev–Trinajstić information content (AvgIpc) is 2.34. The molecule has 0 unspecified atom stereocenters. The molecule has 1 amide bonds. The SMILES string of the molecule is Cc1ccc(N)cc1NC(=O)c1ccc(=O)[nH]n1. The second kappa shape index (κ2) is 4.70. The summed E-state index contributed by atoms with van der Waals surface area (Å²) < 4.78 is 0. The maximum absolute atomic E-state index is 11.9. The van der Waals surface area contributed by atoms with Crippen LogP contribution < -0.4 is 16.6 Å². The molecule has 0 atom stereocenters. The fourth-order valence-corrected chi connectivity index (χ4v) is 1.43. The number of nitrogens with one attached hydrogen (secondary N) is 2. The van der Waals surface area contributed by atoms with Crippen LogP contribution in [0.4, 0.5) is 11.4 Å². The topological polar surface area (TPSA) is 101 Å². The molecule has 0 saturated heterocycles. The molecule has 0 aliphatic carbocycles. The van der Waals surface area contributed by atoms with Crippen molar-refractivity contribution in [1.82, 2.24) is 10.2 Å². The number of rotatable bonds is 2. The number of aromatic nitrogens is 2. The van der Waals surface area contributed by atoms with Gasteiger partial charge in [0, 0.05) is 17.4 Å². The number of carbonyl (C=O) groups is 1. The van der Waals surface area contributed by atoms with Gasteiger partial charge in [-0.3, -0.25) is 9.59 Å². The number of aryl methyl sites for hydroxylation is 1. The number of nitrogens with two attached hydrogens (primary N) is 1. The predicted molar refractivity (Wildman–Crippen MR) is 68.4 cm³/mol. The minimum absolute atomic E-state index is 0.136. The molecular weight excluding hydrogens is 232 g/mol. The molecule has 0 bridgehead atoms. The smallest absolute Gasteiger partial charge is 0.276 e. The van der Waals surface area contributed by atoms with Gasteiger partial charge < -0.3 is 11.1 Å². The van der Waals surface area contributed by atoms with Crippen molar-refractivity contribution in [2.45, 2.75) is 6.92 Å². The van der Waals surface area contributed by atoms with Crippen LogP contribution in [0.2, 0.25) is 0 Å². The number of carbonyl (C=O) groups excluding carboxylic acids is 1. The highest BCUT2D eigenvalue weighted by molar-refractivity contribution is 6.03. The minimum atomic E-state index is -0.403. The van der Waals surface area contributed by atoms with Crippen molar-refractivity contribution in [3.8, 4) is 0 Å². The van der Waals surface area contributed by atoms with E-state index in [0.717, 1.165) is 5.56 Å². The number of nitrogens with zero attached hydrogens (tertiary/aromatic N) is 1. The van der Waals surface area contributed by atoms with E-state index in [9.17, 15) is 9.59 Å². The highest BCUT2D eigenvalue weighted by Crippen LogP contribution is 2.18. The summed E-state index contributed by atoms with van der Waals surface area (Å²) in [6.07, 6.45) is 0. The zero-order valence-corrected chi connectivity index (χ0v) is 9.73. The molecule has 92 valence electrons. The van der Waals surface area contributed by atoms with E-state index in [1.54, 1.807) is 12.1 Å². The Morgan fingerprint density at radius 3 is 2.78 bits per heavy atom. The van der Waals surface area contributed by atoms with Gasteiger partial charge in [-0.2, -0.15) is 5.10 Å². The number of hydrogen-bond acceptors (Lipinski definition) is 4. The van der Waals surface area contributed by atoms with Crippen LogP contribution in [-0.4, -0.2) is 16.1 Å². The molecule has 0 aliphatic heterocycles. The Hall–Kier alpha value is -2.63. The Balaban J connectivity index is 2.23. The highest BCUT2D eigenvalue weighted by atomic mass is 16.2. The minimum Gasteiger partial charge on any atom is -0.399 e. The summed E-state index contributed by atoms with van der Waals surface area (Å²) in [7, 11) is 0. The summed E-state index contributed by atoms with van der Waals surface area (Å²) in [5.74, 6) is -0.403. The first-order valence-corrected chi connectivity index (χ1v) is 5.29. The van der Waals surface area contributed by atoms with Crippen molar-refractivity contribution in [1.29, 1.82) is 0 Å². The molecule has 0 saturated carbocycles. The second-order valence-corrected chi connectivity index (χ2v) is 3.83. The number of hydrogen-bond donors (Lipinski definition) is 3. The lowest BCUT2D eigenvalue weighted by atomic mass is 10.2. The zero-order valence-electron chi connectivity index (χ0n) is 9.73. The van der Waals surface area contributed by atoms with Gasteiger partial charge in [-0.25, -0.2) is 5.10 Å². The Morgan fingerprint density at radius 1 is 1.33 bits per heavy atom. The molecule has 18 heavy (non-hydrogen) atoms. The summed E-state index contributed by atoms with van der Waals surface area (Å²) in [4.78, 5) is 22.7. The fraction of sp³-hybridized carbons (Fsp3) is 0.0833. The van der Waals surface area contributed by atoms with Crippen molar-refractivity contribution in [2.75, 3.05) is 11.1 Å². The van der Waals surface area contributed by atoms with Crippen LogP contribution in [0.15, 0.2) is 35.1 Å². The summed E-state index contributed by atoms with van der Waals surface area (Å²) in [6.45, 7) is 1.86. The molecule has 0 radical (unpaired) electrons. The average molecular weight is 244 g/mol. The van der Waals surface area contributed by atoms with Crippen LogP contribution in [0.3, 0.4) is 0 Å². The first-order valence-electron chi connectivity index (χ1n) is 5.29. The van der Waals surface area contributed by atoms with E-state index in [2.05, 4.69) is 15.5 Å². The Morgan fingerprint density at radius 2 is 2.11 bits per heavy atom. The van der Waals surface area contributed by atoms with E-state index in [1.807, 2.05) is 13.0 Å². The summed E-state index contributed by atoms with van der Waals surface area (Å²) >= 11 is 0. The molecule has 4 N–H and O–H groups in total. The lowest BCUT2D eigenvalue weighted by Gasteiger charge is -2.08. The van der Waals surface area contributed by atoms with Gasteiger partial charge in [0.15, 0.2) is 0 Å². The standard InChI is InChI=1S/C12H12N4O2/c1-7-2-3-8(13)6-10(7)14-12(18)9-4-5-11(17)16-15-9/h2-6H,13H2,1H3,(H,14,18)(H,16,17). The molecule has 0 aliphatic rings. The van der Waals surface area contributed by atoms with Crippen LogP contribution in [0.25, 0.3) is 0 Å². The number of amides is 1. The van der Waals surface area contributed by atoms with Gasteiger partial charge in [0.1, 0.15) is 5.69 Å². The van der Waals surface area contributed by atoms with Crippen LogP contribution in [0.1, 0.15) is 16.1 Å². The van der Waals surface area contributed by atoms with Gasteiger partial charge in [0.2, 0.25) is 0 Å². The number of benzene rings is 1. The lowest BCUT2D eigenvalue weighted by Crippen LogP contribution is -2.18. The quantitative estimate of drug-likeness (QED) is 0.683. The number of H-pyrrole nitrogens is 1. The molecule has 0 spiro atoms. The van der Waals surface area contributed by atoms with E-state index < -0.39 is 5.91 Å². The van der Waals surface area contributed by atoms with Gasteiger partial charge in [-0.15, -0.1) is 0 Å². The molecule has 2 aromatic rings. The van der Waals surface area contributed by atoms with Gasteiger partial charge in [0.25, 0.3) is 11.5 Å². The molecule has 2 rings (SSSR count). The predicted octanol–water partition coefficient (Wildman–Crippen LogP) is 0.913. The van der Waals surface area contributed by atoms with Crippen molar-refractivity contribution in [2.24, 2.45) is 0 Å². The largest absolute Gasteiger partial charge is 0.399 e. The van der Waals surface area contributed by atoms with Gasteiger partial charge in [0.05, 0.1) is 0 Å². The zero-order chi connectivity index (χ0) is 13.1. The first-order chi connectivity index (χ1) is 8.56. The molecule has 1 heterocycles. The first kappa shape index (κ1) is 11.8. The van der Waals surface area contributed by atoms with Crippen LogP contribution >= 0.6 is 0 Å². The molecular formula is C12H12N4O2. The lowest BCUT2D eigenvalue weighted by molar-refractivity contribution is 0.102. The van der Waals surface area contributed by atoms with Gasteiger partial charge in [-0.05, 0) is 30.7 Å². The van der Waals surface area contributed by atoms with E-state index in [1.165, 1.54) is 12.1 Å². The summed E-state index contributed by atoms with van der Waals surface area (Å²) in [5.41, 5.74) is 7.50. The van der Waals surface area contributed by atoms with Crippen molar-refractivity contribution < 1.29 is 4.79 Å². The van der Waals surface area contributed by atoms with Gasteiger partial charge >= 0.3 is 0 Å². The number of aromatic amines is 1. The second-order valence-electron chi connectivity index (χ2n) is 3.83. The summed E-state index contributed by atoms with van der Waals surface area (Å²) in [6, 6.07) is 7.83. The fourth-order valence-electron chi connectivity index (χ4n) is 1.43. The van der Waals surface area contributed by atoms with Crippen LogP contribution in [0, 0.1) is 6.92 Å². The summed E-state index contributed by atoms with van der Waals surface area (Å²) in [5, 5.41) is 8.53. The molecule has 0 fully saturated rings. The van der Waals surface area contributed by atoms with E-state index in [-0.39, 0.29) is 11.3 Å². The third-order valence-electron chi connectivity index (χ3n) is 2.42. The number of anilines is 2. The Bertz CT molecular complexity index is 628. The van der Waals surface area contributed by atoms with Crippen LogP contribution in [-0.2, 0) is 0 Å². The Labute approximate surface area is 103 Å². The van der Waals surface area contributed by atoms with Crippen LogP contribution in [0.5, 0.6) is 0 Å². The maximum Gasteiger partial charge on any atom is 0.276 e. The molecule has 1 aromatic heterocycles. The van der Waals surface area contributed by atoms with Crippen molar-refractivity contribution in [3.63, 3.8) is 0 Å². The Kier molecular flexibility index (Phi) is 3.09. The normalized spacial score (nSPS) is 10.1. The van der Waals surface area contributed by atoms with Gasteiger partial charge in [-0.1, -0.05) is 6.07 Å². The highest BCUT2D eigenvalue weighted by Gasteiger charge is 2.09. The molecule has 6 nitrogen and oxygen atoms in total. The monoisotopic (exact) mass is 244 g/mol. The van der Waals surface area contributed by atoms with E-state index in [0.29, 0.717) is 11.4 Å². The van der Waals surface area contributed by atoms with Crippen molar-refractivity contribution >= 4 is 17.3 Å². The maximum atomic E-state index is 11.9.